The highest BCUT2D eigenvalue weighted by Crippen LogP contribution is 2.28. The van der Waals surface area contributed by atoms with Crippen molar-refractivity contribution < 1.29 is 4.74 Å². The van der Waals surface area contributed by atoms with Gasteiger partial charge in [0.1, 0.15) is 0 Å². The number of hydrogen-bond donors (Lipinski definition) is 0. The highest BCUT2D eigenvalue weighted by Gasteiger charge is 2.22. The van der Waals surface area contributed by atoms with Gasteiger partial charge in [-0.2, -0.15) is 5.10 Å². The fourth-order valence-electron chi connectivity index (χ4n) is 1.46. The summed E-state index contributed by atoms with van der Waals surface area (Å²) in [5.74, 6) is 0. The van der Waals surface area contributed by atoms with Crippen LogP contribution >= 0.6 is 11.6 Å². The van der Waals surface area contributed by atoms with E-state index in [2.05, 4.69) is 25.9 Å². The van der Waals surface area contributed by atoms with E-state index in [1.54, 1.807) is 13.3 Å². The van der Waals surface area contributed by atoms with Gasteiger partial charge >= 0.3 is 0 Å². The first-order chi connectivity index (χ1) is 7.46. The van der Waals surface area contributed by atoms with Crippen LogP contribution in [0.25, 0.3) is 0 Å². The average Bonchev–Trinajstić information content (AvgIpc) is 2.59. The molecule has 0 saturated heterocycles. The maximum atomic E-state index is 6.08. The van der Waals surface area contributed by atoms with E-state index in [0.29, 0.717) is 6.61 Å². The first-order valence-electron chi connectivity index (χ1n) is 5.67. The van der Waals surface area contributed by atoms with Gasteiger partial charge in [0, 0.05) is 12.5 Å². The van der Waals surface area contributed by atoms with Gasteiger partial charge in [-0.15, -0.1) is 0 Å². The van der Waals surface area contributed by atoms with Gasteiger partial charge in [-0.05, 0) is 0 Å². The van der Waals surface area contributed by atoms with Crippen LogP contribution in [0.3, 0.4) is 0 Å². The summed E-state index contributed by atoms with van der Waals surface area (Å²) in [5.41, 5.74) is 1.08. The Morgan fingerprint density at radius 2 is 1.94 bits per heavy atom. The third kappa shape index (κ3) is 4.14. The lowest BCUT2D eigenvalue weighted by Crippen LogP contribution is -2.20. The molecule has 0 aliphatic rings. The topological polar surface area (TPSA) is 27.1 Å². The molecule has 0 spiro atoms. The van der Waals surface area contributed by atoms with Crippen LogP contribution in [0.4, 0.5) is 0 Å². The molecule has 0 radical (unpaired) electrons. The van der Waals surface area contributed by atoms with Crippen LogP contribution < -0.4 is 0 Å². The summed E-state index contributed by atoms with van der Waals surface area (Å²) in [5, 5.41) is 4.95. The van der Waals surface area contributed by atoms with E-state index in [-0.39, 0.29) is 5.41 Å². The molecular weight excluding hydrogens is 224 g/mol. The van der Waals surface area contributed by atoms with Gasteiger partial charge < -0.3 is 4.74 Å². The Kier molecular flexibility index (Phi) is 6.68. The number of nitrogens with zero attached hydrogens (tertiary/aromatic N) is 2. The van der Waals surface area contributed by atoms with Gasteiger partial charge in [0.15, 0.2) is 0 Å². The van der Waals surface area contributed by atoms with Gasteiger partial charge in [0.05, 0.1) is 30.1 Å². The van der Waals surface area contributed by atoms with Crippen LogP contribution in [0.5, 0.6) is 0 Å². The molecule has 16 heavy (non-hydrogen) atoms. The molecule has 1 rings (SSSR count). The molecule has 0 fully saturated rings. The quantitative estimate of drug-likeness (QED) is 0.816. The Labute approximate surface area is 104 Å². The Balaban J connectivity index is 0.00000106. The van der Waals surface area contributed by atoms with E-state index in [4.69, 9.17) is 16.3 Å². The molecule has 1 heterocycles. The van der Waals surface area contributed by atoms with Crippen molar-refractivity contribution >= 4 is 11.6 Å². The summed E-state index contributed by atoms with van der Waals surface area (Å²) in [7, 11) is 1.68. The third-order valence-corrected chi connectivity index (χ3v) is 2.29. The summed E-state index contributed by atoms with van der Waals surface area (Å²) in [6, 6.07) is 0. The van der Waals surface area contributed by atoms with E-state index in [1.807, 2.05) is 18.5 Å². The van der Waals surface area contributed by atoms with E-state index >= 15 is 0 Å². The molecule has 0 amide bonds. The zero-order valence-electron chi connectivity index (χ0n) is 11.2. The minimum atomic E-state index is 0.0152. The van der Waals surface area contributed by atoms with E-state index in [1.165, 1.54) is 0 Å². The Hall–Kier alpha value is -0.540. The van der Waals surface area contributed by atoms with Crippen LogP contribution in [-0.2, 0) is 16.7 Å². The molecule has 3 nitrogen and oxygen atoms in total. The van der Waals surface area contributed by atoms with Gasteiger partial charge in [-0.1, -0.05) is 46.2 Å². The number of aromatic nitrogens is 2. The monoisotopic (exact) mass is 246 g/mol. The standard InChI is InChI=1S/C10H17ClN2O.C2H6/c1-10(2,3)9-8(11)7-12-13(9)5-6-14-4;1-2/h7H,5-6H2,1-4H3;1-2H3. The predicted molar refractivity (Wildman–Crippen MR) is 69.2 cm³/mol. The van der Waals surface area contributed by atoms with Crippen molar-refractivity contribution in [3.8, 4) is 0 Å². The number of methoxy groups -OCH3 is 1. The van der Waals surface area contributed by atoms with Crippen molar-refractivity contribution in [2.45, 2.75) is 46.6 Å². The number of halogens is 1. The van der Waals surface area contributed by atoms with E-state index in [0.717, 1.165) is 17.3 Å². The van der Waals surface area contributed by atoms with E-state index < -0.39 is 0 Å². The minimum Gasteiger partial charge on any atom is -0.383 e. The van der Waals surface area contributed by atoms with Crippen LogP contribution in [0.1, 0.15) is 40.3 Å². The van der Waals surface area contributed by atoms with E-state index in [9.17, 15) is 0 Å². The molecule has 0 saturated carbocycles. The molecule has 0 N–H and O–H groups in total. The molecule has 1 aromatic heterocycles. The van der Waals surface area contributed by atoms with Crippen molar-refractivity contribution in [1.29, 1.82) is 0 Å². The van der Waals surface area contributed by atoms with Crippen molar-refractivity contribution in [2.24, 2.45) is 0 Å². The van der Waals surface area contributed by atoms with Gasteiger partial charge in [-0.25, -0.2) is 0 Å². The SMILES string of the molecule is CC.COCCn1ncc(Cl)c1C(C)(C)C. The fraction of sp³-hybridized carbons (Fsp3) is 0.750. The lowest BCUT2D eigenvalue weighted by Gasteiger charge is -2.20. The Morgan fingerprint density at radius 1 is 1.38 bits per heavy atom. The van der Waals surface area contributed by atoms with Crippen LogP contribution in [0, 0.1) is 0 Å². The van der Waals surface area contributed by atoms with Crippen molar-refractivity contribution in [3.63, 3.8) is 0 Å². The lowest BCUT2D eigenvalue weighted by atomic mass is 9.92. The first kappa shape index (κ1) is 15.5. The molecule has 0 bridgehead atoms. The number of ether oxygens (including phenoxy) is 1. The lowest BCUT2D eigenvalue weighted by molar-refractivity contribution is 0.181. The predicted octanol–water partition coefficient (Wildman–Crippen LogP) is 3.51. The first-order valence-corrected chi connectivity index (χ1v) is 6.05. The summed E-state index contributed by atoms with van der Waals surface area (Å²) in [6.45, 7) is 11.8. The van der Waals surface area contributed by atoms with Crippen molar-refractivity contribution in [1.82, 2.24) is 9.78 Å². The summed E-state index contributed by atoms with van der Waals surface area (Å²) in [6.07, 6.45) is 1.69. The van der Waals surface area contributed by atoms with Crippen LogP contribution in [0.15, 0.2) is 6.20 Å². The van der Waals surface area contributed by atoms with Gasteiger partial charge in [0.2, 0.25) is 0 Å². The van der Waals surface area contributed by atoms with Crippen molar-refractivity contribution in [3.05, 3.63) is 16.9 Å². The summed E-state index contributed by atoms with van der Waals surface area (Å²) >= 11 is 6.08. The second-order valence-corrected chi connectivity index (χ2v) is 4.71. The molecule has 0 aliphatic carbocycles. The summed E-state index contributed by atoms with van der Waals surface area (Å²) < 4.78 is 6.93. The Morgan fingerprint density at radius 3 is 2.38 bits per heavy atom. The smallest absolute Gasteiger partial charge is 0.0823 e. The number of rotatable bonds is 3. The molecule has 94 valence electrons. The molecule has 0 aliphatic heterocycles. The highest BCUT2D eigenvalue weighted by molar-refractivity contribution is 6.31. The maximum absolute atomic E-state index is 6.08. The zero-order chi connectivity index (χ0) is 12.8. The molecular formula is C12H23ClN2O. The van der Waals surface area contributed by atoms with Crippen molar-refractivity contribution in [2.75, 3.05) is 13.7 Å². The average molecular weight is 247 g/mol. The van der Waals surface area contributed by atoms with Crippen LogP contribution in [-0.4, -0.2) is 23.5 Å². The molecule has 0 atom stereocenters. The largest absolute Gasteiger partial charge is 0.383 e. The second kappa shape index (κ2) is 6.92. The minimum absolute atomic E-state index is 0.0152. The molecule has 1 aromatic rings. The summed E-state index contributed by atoms with van der Waals surface area (Å²) in [4.78, 5) is 0. The van der Waals surface area contributed by atoms with Gasteiger partial charge in [-0.3, -0.25) is 4.68 Å². The normalized spacial score (nSPS) is 10.9. The fourth-order valence-corrected chi connectivity index (χ4v) is 1.88. The number of hydrogen-bond acceptors (Lipinski definition) is 2. The van der Waals surface area contributed by atoms with Crippen LogP contribution in [0.2, 0.25) is 5.02 Å². The van der Waals surface area contributed by atoms with Gasteiger partial charge in [0.25, 0.3) is 0 Å². The molecule has 0 aromatic carbocycles. The third-order valence-electron chi connectivity index (χ3n) is 2.01. The zero-order valence-corrected chi connectivity index (χ0v) is 11.9. The highest BCUT2D eigenvalue weighted by atomic mass is 35.5. The Bertz CT molecular complexity index is 302. The molecule has 4 heteroatoms. The molecule has 0 unspecified atom stereocenters. The second-order valence-electron chi connectivity index (χ2n) is 4.31. The maximum Gasteiger partial charge on any atom is 0.0823 e.